The molecule has 0 unspecified atom stereocenters. The van der Waals surface area contributed by atoms with Gasteiger partial charge in [0.05, 0.1) is 42.6 Å². The van der Waals surface area contributed by atoms with Crippen LogP contribution in [0, 0.1) is 5.41 Å². The molecule has 2 aromatic carbocycles. The second-order valence-electron chi connectivity index (χ2n) is 11.9. The Morgan fingerprint density at radius 2 is 1.73 bits per heavy atom. The Bertz CT molecular complexity index is 1600. The minimum absolute atomic E-state index is 0.0147. The van der Waals surface area contributed by atoms with Crippen LogP contribution >= 0.6 is 23.2 Å². The van der Waals surface area contributed by atoms with Crippen molar-refractivity contribution in [1.29, 1.82) is 0 Å². The van der Waals surface area contributed by atoms with Crippen LogP contribution in [-0.4, -0.2) is 70.9 Å². The lowest BCUT2D eigenvalue weighted by atomic mass is 9.66. The average molecular weight is 690 g/mol. The zero-order valence-corrected chi connectivity index (χ0v) is 28.2. The van der Waals surface area contributed by atoms with Crippen LogP contribution in [0.4, 0.5) is 0 Å². The van der Waals surface area contributed by atoms with E-state index in [9.17, 15) is 26.4 Å². The summed E-state index contributed by atoms with van der Waals surface area (Å²) in [7, 11) is -6.52. The van der Waals surface area contributed by atoms with Gasteiger partial charge < -0.3 is 9.64 Å². The molecule has 14 heteroatoms. The van der Waals surface area contributed by atoms with E-state index in [-0.39, 0.29) is 13.0 Å². The van der Waals surface area contributed by atoms with Crippen LogP contribution in [0.25, 0.3) is 0 Å². The number of likely N-dealkylation sites (tertiary alicyclic amines) is 1. The molecular formula is C30H38Cl2N2O8S2. The molecule has 242 valence electrons. The number of carbonyl (C=O) groups excluding carboxylic acids is 2. The van der Waals surface area contributed by atoms with Crippen LogP contribution in [0.2, 0.25) is 10.0 Å². The van der Waals surface area contributed by atoms with Crippen LogP contribution < -0.4 is 4.72 Å². The van der Waals surface area contributed by atoms with Crippen molar-refractivity contribution in [2.75, 3.05) is 26.5 Å². The first kappa shape index (κ1) is 34.6. The van der Waals surface area contributed by atoms with E-state index in [4.69, 9.17) is 32.1 Å². The third-order valence-electron chi connectivity index (χ3n) is 8.70. The summed E-state index contributed by atoms with van der Waals surface area (Å²) in [6.45, 7) is 2.81. The molecule has 1 aliphatic heterocycles. The van der Waals surface area contributed by atoms with Crippen LogP contribution in [0.1, 0.15) is 69.0 Å². The predicted molar refractivity (Wildman–Crippen MR) is 168 cm³/mol. The molecule has 0 bridgehead atoms. The van der Waals surface area contributed by atoms with Crippen molar-refractivity contribution in [2.45, 2.75) is 68.7 Å². The molecule has 1 saturated heterocycles. The van der Waals surface area contributed by atoms with Gasteiger partial charge in [0, 0.05) is 28.5 Å². The van der Waals surface area contributed by atoms with Crippen molar-refractivity contribution >= 4 is 55.2 Å². The van der Waals surface area contributed by atoms with Crippen molar-refractivity contribution < 1.29 is 35.3 Å². The quantitative estimate of drug-likeness (QED) is 0.234. The van der Waals surface area contributed by atoms with Gasteiger partial charge in [-0.1, -0.05) is 54.4 Å². The van der Waals surface area contributed by atoms with Crippen LogP contribution in [0.5, 0.6) is 0 Å². The summed E-state index contributed by atoms with van der Waals surface area (Å²) in [5.74, 6) is -1.79. The number of carbonyl (C=O) groups is 2. The Hall–Kier alpha value is -2.22. The van der Waals surface area contributed by atoms with Gasteiger partial charge >= 0.3 is 5.97 Å². The number of hydrogen-bond acceptors (Lipinski definition) is 8. The second-order valence-corrected chi connectivity index (χ2v) is 16.7. The molecule has 4 atom stereocenters. The molecule has 2 fully saturated rings. The number of hydrogen-bond donors (Lipinski definition) is 1. The van der Waals surface area contributed by atoms with E-state index in [0.717, 1.165) is 17.4 Å². The topological polar surface area (TPSA) is 136 Å². The fraction of sp³-hybridized carbons (Fsp3) is 0.533. The Morgan fingerprint density at radius 3 is 2.27 bits per heavy atom. The van der Waals surface area contributed by atoms with Gasteiger partial charge in [0.1, 0.15) is 0 Å². The summed E-state index contributed by atoms with van der Waals surface area (Å²) in [4.78, 5) is 29.3. The SMILES string of the molecule is CC[C@@H](CNS(=O)(=O)C1(C)CC1)N1C(=O)[C@@](COS(C)(=O)=O)(CC(=O)OC)C[C@H](c2cccc(Cl)c2)[C@H]1c1ccc(Cl)cc1. The smallest absolute Gasteiger partial charge is 0.306 e. The fourth-order valence-electron chi connectivity index (χ4n) is 5.85. The fourth-order valence-corrected chi connectivity index (χ4v) is 8.01. The van der Waals surface area contributed by atoms with Crippen LogP contribution in [-0.2, 0) is 38.7 Å². The van der Waals surface area contributed by atoms with E-state index in [2.05, 4.69) is 4.72 Å². The summed E-state index contributed by atoms with van der Waals surface area (Å²) in [6.07, 6.45) is 1.85. The van der Waals surface area contributed by atoms with Gasteiger partial charge in [0.25, 0.3) is 10.1 Å². The molecule has 44 heavy (non-hydrogen) atoms. The van der Waals surface area contributed by atoms with Gasteiger partial charge in [0.2, 0.25) is 15.9 Å². The van der Waals surface area contributed by atoms with Gasteiger partial charge in [-0.05, 0) is 68.0 Å². The first-order chi connectivity index (χ1) is 20.5. The minimum atomic E-state index is -4.02. The first-order valence-electron chi connectivity index (χ1n) is 14.3. The zero-order valence-electron chi connectivity index (χ0n) is 25.1. The second kappa shape index (κ2) is 13.3. The van der Waals surface area contributed by atoms with Crippen molar-refractivity contribution in [1.82, 2.24) is 9.62 Å². The van der Waals surface area contributed by atoms with E-state index < -0.39 is 73.2 Å². The molecule has 4 rings (SSSR count). The summed E-state index contributed by atoms with van der Waals surface area (Å²) >= 11 is 12.7. The lowest BCUT2D eigenvalue weighted by Crippen LogP contribution is -2.60. The Labute approximate surface area is 269 Å². The normalized spacial score (nSPS) is 24.1. The summed E-state index contributed by atoms with van der Waals surface area (Å²) in [5, 5.41) is 0.935. The van der Waals surface area contributed by atoms with Crippen LogP contribution in [0.15, 0.2) is 48.5 Å². The number of halogens is 2. The highest BCUT2D eigenvalue weighted by Gasteiger charge is 2.56. The molecule has 0 spiro atoms. The molecule has 2 aliphatic rings. The van der Waals surface area contributed by atoms with Gasteiger partial charge in [-0.3, -0.25) is 13.8 Å². The number of methoxy groups -OCH3 is 1. The number of ether oxygens (including phenoxy) is 1. The maximum Gasteiger partial charge on any atom is 0.306 e. The highest BCUT2D eigenvalue weighted by atomic mass is 35.5. The Balaban J connectivity index is 1.92. The molecule has 1 N–H and O–H groups in total. The maximum absolute atomic E-state index is 14.9. The molecule has 1 saturated carbocycles. The Morgan fingerprint density at radius 1 is 1.07 bits per heavy atom. The number of rotatable bonds is 13. The summed E-state index contributed by atoms with van der Waals surface area (Å²) < 4.78 is 62.8. The molecule has 2 aromatic rings. The molecule has 0 radical (unpaired) electrons. The average Bonchev–Trinajstić information content (AvgIpc) is 3.73. The molecule has 0 aromatic heterocycles. The van der Waals surface area contributed by atoms with Crippen molar-refractivity contribution in [3.63, 3.8) is 0 Å². The molecule has 10 nitrogen and oxygen atoms in total. The van der Waals surface area contributed by atoms with E-state index in [0.29, 0.717) is 29.3 Å². The van der Waals surface area contributed by atoms with E-state index in [1.165, 1.54) is 7.11 Å². The number of nitrogens with one attached hydrogen (secondary N) is 1. The van der Waals surface area contributed by atoms with Crippen molar-refractivity contribution in [3.8, 4) is 0 Å². The Kier molecular flexibility index (Phi) is 10.4. The number of nitrogens with zero attached hydrogens (tertiary/aromatic N) is 1. The lowest BCUT2D eigenvalue weighted by molar-refractivity contribution is -0.165. The van der Waals surface area contributed by atoms with Gasteiger partial charge in [0.15, 0.2) is 0 Å². The lowest BCUT2D eigenvalue weighted by Gasteiger charge is -2.52. The minimum Gasteiger partial charge on any atom is -0.469 e. The number of sulfonamides is 1. The van der Waals surface area contributed by atoms with Crippen LogP contribution in [0.3, 0.4) is 0 Å². The van der Waals surface area contributed by atoms with E-state index in [1.54, 1.807) is 54.3 Å². The zero-order chi connectivity index (χ0) is 32.5. The van der Waals surface area contributed by atoms with Gasteiger partial charge in [-0.15, -0.1) is 0 Å². The number of esters is 1. The molecule has 1 aliphatic carbocycles. The van der Waals surface area contributed by atoms with E-state index >= 15 is 0 Å². The summed E-state index contributed by atoms with van der Waals surface area (Å²) in [5.41, 5.74) is -0.204. The number of benzene rings is 2. The third kappa shape index (κ3) is 7.59. The largest absolute Gasteiger partial charge is 0.469 e. The molecule has 1 amide bonds. The standard InChI is InChI=1S/C30H38Cl2N2O8S2/c1-5-24(18-33-44(39,40)29(2)13-14-29)34-27(20-9-11-22(31)12-10-20)25(21-7-6-8-23(32)15-21)16-30(28(34)36,17-26(35)41-3)19-42-43(4,37)38/h6-12,15,24-25,27,33H,5,13-14,16-19H2,1-4H3/t24-,25+,27+,30+/m0/s1. The molecular weight excluding hydrogens is 651 g/mol. The highest BCUT2D eigenvalue weighted by molar-refractivity contribution is 7.91. The third-order valence-corrected chi connectivity index (χ3v) is 12.0. The van der Waals surface area contributed by atoms with Crippen molar-refractivity contribution in [3.05, 3.63) is 69.7 Å². The highest BCUT2D eigenvalue weighted by Crippen LogP contribution is 2.53. The van der Waals surface area contributed by atoms with Gasteiger partial charge in [-0.2, -0.15) is 8.42 Å². The van der Waals surface area contributed by atoms with Crippen molar-refractivity contribution in [2.24, 2.45) is 5.41 Å². The summed E-state index contributed by atoms with van der Waals surface area (Å²) in [6, 6.07) is 12.8. The first-order valence-corrected chi connectivity index (χ1v) is 18.3. The van der Waals surface area contributed by atoms with Gasteiger partial charge in [-0.25, -0.2) is 13.1 Å². The number of amides is 1. The maximum atomic E-state index is 14.9. The number of piperidine rings is 1. The molecule has 1 heterocycles. The monoisotopic (exact) mass is 688 g/mol. The van der Waals surface area contributed by atoms with E-state index in [1.807, 2.05) is 13.0 Å². The predicted octanol–water partition coefficient (Wildman–Crippen LogP) is 4.83.